The first-order valence-electron chi connectivity index (χ1n) is 4.52. The van der Waals surface area contributed by atoms with Gasteiger partial charge in [-0.2, -0.15) is 0 Å². The smallest absolute Gasteiger partial charge is 0.0865 e. The normalized spacial score (nSPS) is 21.8. The zero-order valence-electron chi connectivity index (χ0n) is 8.69. The number of allylic oxidation sites excluding steroid dienone is 1. The molecule has 1 unspecified atom stereocenters. The van der Waals surface area contributed by atoms with Crippen LogP contribution in [0.2, 0.25) is 0 Å². The van der Waals surface area contributed by atoms with Gasteiger partial charge in [-0.1, -0.05) is 39.4 Å². The quantitative estimate of drug-likeness (QED) is 0.581. The number of hydrogen-bond acceptors (Lipinski definition) is 1. The van der Waals surface area contributed by atoms with Gasteiger partial charge < -0.3 is 5.32 Å². The van der Waals surface area contributed by atoms with Crippen molar-refractivity contribution < 1.29 is 0 Å². The molecule has 0 amide bonds. The first kappa shape index (κ1) is 11.6. The van der Waals surface area contributed by atoms with E-state index >= 15 is 0 Å². The molecule has 0 aromatic carbocycles. The van der Waals surface area contributed by atoms with Gasteiger partial charge in [-0.15, -0.1) is 0 Å². The summed E-state index contributed by atoms with van der Waals surface area (Å²) in [5.41, 5.74) is 2.60. The molecule has 0 saturated carbocycles. The average molecular weight is 185 g/mol. The van der Waals surface area contributed by atoms with Crippen LogP contribution in [0.15, 0.2) is 11.3 Å². The van der Waals surface area contributed by atoms with E-state index in [4.69, 9.17) is 12.2 Å². The van der Waals surface area contributed by atoms with Crippen LogP contribution in [0.3, 0.4) is 0 Å². The SMILES string of the molecule is CC1=C(C)C(C)C(=S)N1.CCC. The molecular formula is C10H19NS. The highest BCUT2D eigenvalue weighted by molar-refractivity contribution is 7.80. The van der Waals surface area contributed by atoms with Crippen LogP contribution in [-0.2, 0) is 0 Å². The second kappa shape index (κ2) is 5.31. The fourth-order valence-corrected chi connectivity index (χ4v) is 1.24. The monoisotopic (exact) mass is 185 g/mol. The minimum absolute atomic E-state index is 0.458. The van der Waals surface area contributed by atoms with Crippen LogP contribution in [0.5, 0.6) is 0 Å². The van der Waals surface area contributed by atoms with Gasteiger partial charge in [-0.05, 0) is 19.4 Å². The summed E-state index contributed by atoms with van der Waals surface area (Å²) in [6, 6.07) is 0. The van der Waals surface area contributed by atoms with Gasteiger partial charge in [0.2, 0.25) is 0 Å². The van der Waals surface area contributed by atoms with Gasteiger partial charge in [0.15, 0.2) is 0 Å². The van der Waals surface area contributed by atoms with Crippen LogP contribution >= 0.6 is 12.2 Å². The van der Waals surface area contributed by atoms with E-state index < -0.39 is 0 Å². The van der Waals surface area contributed by atoms with E-state index in [1.54, 1.807) is 0 Å². The van der Waals surface area contributed by atoms with Crippen LogP contribution in [0, 0.1) is 5.92 Å². The topological polar surface area (TPSA) is 12.0 Å². The maximum atomic E-state index is 5.04. The van der Waals surface area contributed by atoms with Crippen molar-refractivity contribution in [3.63, 3.8) is 0 Å². The first-order valence-corrected chi connectivity index (χ1v) is 4.93. The Labute approximate surface area is 81.2 Å². The zero-order chi connectivity index (χ0) is 9.72. The Morgan fingerprint density at radius 1 is 1.33 bits per heavy atom. The maximum Gasteiger partial charge on any atom is 0.0865 e. The fraction of sp³-hybridized carbons (Fsp3) is 0.700. The van der Waals surface area contributed by atoms with Crippen LogP contribution in [0.25, 0.3) is 0 Å². The molecular weight excluding hydrogens is 166 g/mol. The Morgan fingerprint density at radius 3 is 1.83 bits per heavy atom. The molecule has 0 aliphatic carbocycles. The van der Waals surface area contributed by atoms with Crippen molar-refractivity contribution in [2.75, 3.05) is 0 Å². The van der Waals surface area contributed by atoms with E-state index in [2.05, 4.69) is 39.9 Å². The lowest BCUT2D eigenvalue weighted by Gasteiger charge is -2.00. The Bertz CT molecular complexity index is 194. The Morgan fingerprint density at radius 2 is 1.75 bits per heavy atom. The third kappa shape index (κ3) is 2.94. The van der Waals surface area contributed by atoms with E-state index in [0.717, 1.165) is 4.99 Å². The Hall–Kier alpha value is -0.370. The Kier molecular flexibility index (Phi) is 5.14. The third-order valence-corrected chi connectivity index (χ3v) is 2.40. The van der Waals surface area contributed by atoms with Gasteiger partial charge in [-0.25, -0.2) is 0 Å². The minimum atomic E-state index is 0.458. The predicted octanol–water partition coefficient (Wildman–Crippen LogP) is 3.26. The lowest BCUT2D eigenvalue weighted by atomic mass is 10.1. The van der Waals surface area contributed by atoms with Crippen molar-refractivity contribution in [3.05, 3.63) is 11.3 Å². The predicted molar refractivity (Wildman–Crippen MR) is 59.2 cm³/mol. The van der Waals surface area contributed by atoms with Gasteiger partial charge in [0.1, 0.15) is 0 Å². The molecule has 1 heterocycles. The van der Waals surface area contributed by atoms with Crippen LogP contribution in [-0.4, -0.2) is 4.99 Å². The van der Waals surface area contributed by atoms with Crippen molar-refractivity contribution in [2.45, 2.75) is 41.0 Å². The van der Waals surface area contributed by atoms with Gasteiger partial charge in [-0.3, -0.25) is 0 Å². The van der Waals surface area contributed by atoms with Crippen molar-refractivity contribution in [2.24, 2.45) is 5.92 Å². The van der Waals surface area contributed by atoms with Crippen molar-refractivity contribution >= 4 is 17.2 Å². The average Bonchev–Trinajstić information content (AvgIpc) is 2.20. The van der Waals surface area contributed by atoms with Gasteiger partial charge in [0.05, 0.1) is 4.99 Å². The summed E-state index contributed by atoms with van der Waals surface area (Å²) in [7, 11) is 0. The molecule has 1 N–H and O–H groups in total. The summed E-state index contributed by atoms with van der Waals surface area (Å²) in [5, 5.41) is 3.13. The summed E-state index contributed by atoms with van der Waals surface area (Å²) in [4.78, 5) is 0.963. The molecule has 1 rings (SSSR count). The summed E-state index contributed by atoms with van der Waals surface area (Å²) in [5.74, 6) is 0.458. The van der Waals surface area contributed by atoms with Gasteiger partial charge in [0.25, 0.3) is 0 Å². The van der Waals surface area contributed by atoms with Crippen molar-refractivity contribution in [1.82, 2.24) is 5.32 Å². The lowest BCUT2D eigenvalue weighted by Crippen LogP contribution is -2.16. The summed E-state index contributed by atoms with van der Waals surface area (Å²) >= 11 is 5.04. The van der Waals surface area contributed by atoms with Gasteiger partial charge in [0, 0.05) is 11.6 Å². The van der Waals surface area contributed by atoms with Crippen LogP contribution in [0.1, 0.15) is 41.0 Å². The van der Waals surface area contributed by atoms with Crippen molar-refractivity contribution in [3.8, 4) is 0 Å². The molecule has 0 aromatic heterocycles. The summed E-state index contributed by atoms with van der Waals surface area (Å²) in [6.45, 7) is 10.6. The van der Waals surface area contributed by atoms with E-state index in [-0.39, 0.29) is 0 Å². The number of nitrogens with one attached hydrogen (secondary N) is 1. The van der Waals surface area contributed by atoms with E-state index in [9.17, 15) is 0 Å². The molecule has 1 aliphatic heterocycles. The molecule has 0 aromatic rings. The van der Waals surface area contributed by atoms with E-state index in [1.165, 1.54) is 17.7 Å². The maximum absolute atomic E-state index is 5.04. The lowest BCUT2D eigenvalue weighted by molar-refractivity contribution is 0.942. The summed E-state index contributed by atoms with van der Waals surface area (Å²) in [6.07, 6.45) is 1.25. The third-order valence-electron chi connectivity index (χ3n) is 1.95. The molecule has 0 fully saturated rings. The highest BCUT2D eigenvalue weighted by Gasteiger charge is 2.19. The molecule has 70 valence electrons. The molecule has 12 heavy (non-hydrogen) atoms. The highest BCUT2D eigenvalue weighted by atomic mass is 32.1. The molecule has 0 saturated heterocycles. The standard InChI is InChI=1S/C7H11NS.C3H8/c1-4-5(2)7(9)8-6(4)3;1-3-2/h5H,1-3H3,(H,8,9);3H2,1-2H3. The zero-order valence-corrected chi connectivity index (χ0v) is 9.51. The van der Waals surface area contributed by atoms with Crippen LogP contribution in [0.4, 0.5) is 0 Å². The molecule has 0 spiro atoms. The first-order chi connectivity index (χ1) is 5.54. The fourth-order valence-electron chi connectivity index (χ4n) is 0.913. The van der Waals surface area contributed by atoms with E-state index in [1.807, 2.05) is 0 Å². The second-order valence-corrected chi connectivity index (χ2v) is 3.67. The molecule has 1 nitrogen and oxygen atoms in total. The van der Waals surface area contributed by atoms with Gasteiger partial charge >= 0.3 is 0 Å². The number of rotatable bonds is 0. The number of hydrogen-bond donors (Lipinski definition) is 1. The largest absolute Gasteiger partial charge is 0.353 e. The summed E-state index contributed by atoms with van der Waals surface area (Å²) < 4.78 is 0. The minimum Gasteiger partial charge on any atom is -0.353 e. The van der Waals surface area contributed by atoms with E-state index in [0.29, 0.717) is 5.92 Å². The van der Waals surface area contributed by atoms with Crippen molar-refractivity contribution in [1.29, 1.82) is 0 Å². The molecule has 0 radical (unpaired) electrons. The Balaban J connectivity index is 0.000000354. The molecule has 1 atom stereocenters. The highest BCUT2D eigenvalue weighted by Crippen LogP contribution is 2.20. The second-order valence-electron chi connectivity index (χ2n) is 3.23. The molecule has 0 bridgehead atoms. The van der Waals surface area contributed by atoms with Crippen LogP contribution < -0.4 is 5.32 Å². The number of thiocarbonyl (C=S) groups is 1. The molecule has 2 heteroatoms. The molecule has 1 aliphatic rings.